The van der Waals surface area contributed by atoms with Gasteiger partial charge in [0, 0.05) is 19.6 Å². The van der Waals surface area contributed by atoms with Gasteiger partial charge in [-0.25, -0.2) is 4.79 Å². The lowest BCUT2D eigenvalue weighted by Crippen LogP contribution is -2.37. The molecule has 1 fully saturated rings. The number of halogens is 1. The molecule has 0 saturated carbocycles. The van der Waals surface area contributed by atoms with E-state index in [0.717, 1.165) is 42.7 Å². The van der Waals surface area contributed by atoms with E-state index in [2.05, 4.69) is 33.0 Å². The number of ether oxygens (including phenoxy) is 2. The Morgan fingerprint density at radius 2 is 2.14 bits per heavy atom. The van der Waals surface area contributed by atoms with Crippen LogP contribution in [0.5, 0.6) is 5.75 Å². The maximum atomic E-state index is 10.5. The van der Waals surface area contributed by atoms with Crippen molar-refractivity contribution in [2.24, 2.45) is 0 Å². The quantitative estimate of drug-likeness (QED) is 0.847. The highest BCUT2D eigenvalue weighted by molar-refractivity contribution is 9.10. The molecule has 1 aliphatic rings. The van der Waals surface area contributed by atoms with Gasteiger partial charge in [0.1, 0.15) is 12.4 Å². The zero-order valence-corrected chi connectivity index (χ0v) is 13.6. The Labute approximate surface area is 133 Å². The number of benzene rings is 1. The number of rotatable bonds is 6. The summed E-state index contributed by atoms with van der Waals surface area (Å²) in [5, 5.41) is 8.61. The number of methoxy groups -OCH3 is 1. The van der Waals surface area contributed by atoms with E-state index >= 15 is 0 Å². The van der Waals surface area contributed by atoms with Crippen LogP contribution < -0.4 is 4.74 Å². The fraction of sp³-hybridized carbons (Fsp3) is 0.533. The van der Waals surface area contributed by atoms with Gasteiger partial charge in [0.15, 0.2) is 0 Å². The fourth-order valence-electron chi connectivity index (χ4n) is 2.49. The van der Waals surface area contributed by atoms with Gasteiger partial charge in [0.2, 0.25) is 0 Å². The van der Waals surface area contributed by atoms with E-state index in [0.29, 0.717) is 0 Å². The average Bonchev–Trinajstić information content (AvgIpc) is 2.47. The molecule has 0 radical (unpaired) electrons. The highest BCUT2D eigenvalue weighted by Gasteiger charge is 2.20. The van der Waals surface area contributed by atoms with Crippen molar-refractivity contribution in [3.05, 3.63) is 28.2 Å². The van der Waals surface area contributed by atoms with Crippen LogP contribution in [-0.2, 0) is 16.1 Å². The molecule has 0 spiro atoms. The number of carbonyl (C=O) groups is 1. The molecule has 0 bridgehead atoms. The van der Waals surface area contributed by atoms with Crippen LogP contribution in [0, 0.1) is 0 Å². The van der Waals surface area contributed by atoms with Gasteiger partial charge in [0.05, 0.1) is 17.7 Å². The molecule has 6 heteroatoms. The first-order valence-electron chi connectivity index (χ1n) is 6.96. The first kappa shape index (κ1) is 16.3. The second-order valence-corrected chi connectivity index (χ2v) is 6.00. The summed E-state index contributed by atoms with van der Waals surface area (Å²) in [6.45, 7) is 2.53. The molecule has 1 saturated heterocycles. The van der Waals surface area contributed by atoms with Crippen LogP contribution in [0.15, 0.2) is 22.7 Å². The van der Waals surface area contributed by atoms with Gasteiger partial charge in [-0.3, -0.25) is 4.90 Å². The average molecular weight is 358 g/mol. The van der Waals surface area contributed by atoms with Crippen molar-refractivity contribution in [2.45, 2.75) is 25.5 Å². The number of carboxylic acid groups (broad SMARTS) is 1. The highest BCUT2D eigenvalue weighted by atomic mass is 79.9. The Kier molecular flexibility index (Phi) is 6.02. The first-order chi connectivity index (χ1) is 10.1. The summed E-state index contributed by atoms with van der Waals surface area (Å²) in [4.78, 5) is 12.8. The van der Waals surface area contributed by atoms with Crippen molar-refractivity contribution in [1.29, 1.82) is 0 Å². The Balaban J connectivity index is 1.80. The van der Waals surface area contributed by atoms with Gasteiger partial charge >= 0.3 is 5.97 Å². The molecular weight excluding hydrogens is 338 g/mol. The number of hydrogen-bond acceptors (Lipinski definition) is 4. The van der Waals surface area contributed by atoms with E-state index in [-0.39, 0.29) is 12.7 Å². The number of aliphatic carboxylic acids is 1. The molecule has 0 aliphatic carbocycles. The van der Waals surface area contributed by atoms with Crippen molar-refractivity contribution < 1.29 is 19.4 Å². The fourth-order valence-corrected chi connectivity index (χ4v) is 3.08. The highest BCUT2D eigenvalue weighted by Crippen LogP contribution is 2.26. The van der Waals surface area contributed by atoms with Gasteiger partial charge in [-0.1, -0.05) is 6.07 Å². The molecule has 0 aromatic heterocycles. The van der Waals surface area contributed by atoms with Crippen LogP contribution in [0.1, 0.15) is 18.4 Å². The second kappa shape index (κ2) is 7.77. The first-order valence-corrected chi connectivity index (χ1v) is 7.76. The number of carboxylic acids is 1. The minimum absolute atomic E-state index is 0.0694. The zero-order chi connectivity index (χ0) is 15.2. The van der Waals surface area contributed by atoms with Crippen LogP contribution in [0.25, 0.3) is 0 Å². The predicted molar refractivity (Wildman–Crippen MR) is 82.6 cm³/mol. The summed E-state index contributed by atoms with van der Waals surface area (Å²) in [5.41, 5.74) is 1.23. The molecule has 0 atom stereocenters. The normalized spacial score (nSPS) is 16.9. The molecule has 1 aliphatic heterocycles. The summed E-state index contributed by atoms with van der Waals surface area (Å²) >= 11 is 3.50. The standard InChI is InChI=1S/C15H20BrNO4/c1-20-14-3-2-11(8-13(14)16)9-17-6-4-12(5-7-17)21-10-15(18)19/h2-3,8,12H,4-7,9-10H2,1H3,(H,18,19). The van der Waals surface area contributed by atoms with Crippen LogP contribution in [0.2, 0.25) is 0 Å². The molecule has 1 N–H and O–H groups in total. The molecule has 1 aromatic rings. The van der Waals surface area contributed by atoms with Gasteiger partial charge in [0.25, 0.3) is 0 Å². The molecular formula is C15H20BrNO4. The van der Waals surface area contributed by atoms with E-state index in [9.17, 15) is 4.79 Å². The smallest absolute Gasteiger partial charge is 0.329 e. The Hall–Kier alpha value is -1.11. The minimum Gasteiger partial charge on any atom is -0.496 e. The lowest BCUT2D eigenvalue weighted by molar-refractivity contribution is -0.145. The molecule has 1 heterocycles. The van der Waals surface area contributed by atoms with E-state index in [1.165, 1.54) is 5.56 Å². The Bertz CT molecular complexity index is 487. The summed E-state index contributed by atoms with van der Waals surface area (Å²) in [5.74, 6) is -0.0694. The van der Waals surface area contributed by atoms with Gasteiger partial charge < -0.3 is 14.6 Å². The second-order valence-electron chi connectivity index (χ2n) is 5.15. The SMILES string of the molecule is COc1ccc(CN2CCC(OCC(=O)O)CC2)cc1Br. The predicted octanol–water partition coefficient (Wildman–Crippen LogP) is 2.52. The minimum atomic E-state index is -0.902. The Morgan fingerprint density at radius 1 is 1.43 bits per heavy atom. The van der Waals surface area contributed by atoms with Gasteiger partial charge in [-0.2, -0.15) is 0 Å². The van der Waals surface area contributed by atoms with Gasteiger partial charge in [-0.05, 0) is 46.5 Å². The molecule has 5 nitrogen and oxygen atoms in total. The van der Waals surface area contributed by atoms with Crippen LogP contribution >= 0.6 is 15.9 Å². The summed E-state index contributed by atoms with van der Waals surface area (Å²) in [6, 6.07) is 6.10. The van der Waals surface area contributed by atoms with Crippen LogP contribution in [0.3, 0.4) is 0 Å². The molecule has 0 unspecified atom stereocenters. The lowest BCUT2D eigenvalue weighted by atomic mass is 10.1. The Morgan fingerprint density at radius 3 is 2.71 bits per heavy atom. The van der Waals surface area contributed by atoms with Gasteiger partial charge in [-0.15, -0.1) is 0 Å². The third-order valence-electron chi connectivity index (χ3n) is 3.60. The molecule has 21 heavy (non-hydrogen) atoms. The maximum absolute atomic E-state index is 10.5. The third-order valence-corrected chi connectivity index (χ3v) is 4.22. The van der Waals surface area contributed by atoms with Crippen molar-refractivity contribution in [2.75, 3.05) is 26.8 Å². The van der Waals surface area contributed by atoms with E-state index in [1.807, 2.05) is 6.07 Å². The summed E-state index contributed by atoms with van der Waals surface area (Å²) < 4.78 is 11.5. The maximum Gasteiger partial charge on any atom is 0.329 e. The molecule has 0 amide bonds. The van der Waals surface area contributed by atoms with Crippen LogP contribution in [-0.4, -0.2) is 48.9 Å². The number of hydrogen-bond donors (Lipinski definition) is 1. The number of nitrogens with zero attached hydrogens (tertiary/aromatic N) is 1. The van der Waals surface area contributed by atoms with E-state index in [1.54, 1.807) is 7.11 Å². The topological polar surface area (TPSA) is 59.0 Å². The van der Waals surface area contributed by atoms with E-state index < -0.39 is 5.97 Å². The monoisotopic (exact) mass is 357 g/mol. The largest absolute Gasteiger partial charge is 0.496 e. The molecule has 116 valence electrons. The van der Waals surface area contributed by atoms with Crippen LogP contribution in [0.4, 0.5) is 0 Å². The van der Waals surface area contributed by atoms with E-state index in [4.69, 9.17) is 14.6 Å². The van der Waals surface area contributed by atoms with Crippen molar-refractivity contribution in [1.82, 2.24) is 4.90 Å². The summed E-state index contributed by atoms with van der Waals surface area (Å²) in [6.07, 6.45) is 1.83. The van der Waals surface area contributed by atoms with Crippen molar-refractivity contribution in [3.63, 3.8) is 0 Å². The number of piperidine rings is 1. The van der Waals surface area contributed by atoms with Crippen molar-refractivity contribution in [3.8, 4) is 5.75 Å². The number of likely N-dealkylation sites (tertiary alicyclic amines) is 1. The zero-order valence-electron chi connectivity index (χ0n) is 12.0. The summed E-state index contributed by atoms with van der Waals surface area (Å²) in [7, 11) is 1.65. The molecule has 1 aromatic carbocycles. The lowest BCUT2D eigenvalue weighted by Gasteiger charge is -2.31. The molecule has 2 rings (SSSR count). The van der Waals surface area contributed by atoms with Crippen molar-refractivity contribution >= 4 is 21.9 Å². The third kappa shape index (κ3) is 4.98.